The second-order valence-electron chi connectivity index (χ2n) is 6.70. The van der Waals surface area contributed by atoms with Gasteiger partial charge in [0.1, 0.15) is 24.0 Å². The van der Waals surface area contributed by atoms with Gasteiger partial charge in [-0.2, -0.15) is 5.26 Å². The number of carbonyl (C=O) groups is 1. The fourth-order valence-corrected chi connectivity index (χ4v) is 4.08. The number of nitrogens with one attached hydrogen (secondary N) is 1. The van der Waals surface area contributed by atoms with Crippen LogP contribution >= 0.6 is 50.7 Å². The second kappa shape index (κ2) is 11.4. The number of anilines is 1. The lowest BCUT2D eigenvalue weighted by Gasteiger charge is -2.12. The number of hydrogen-bond acceptors (Lipinski definition) is 4. The van der Waals surface area contributed by atoms with Crippen LogP contribution in [0.25, 0.3) is 6.08 Å². The van der Waals surface area contributed by atoms with E-state index in [0.29, 0.717) is 42.3 Å². The number of benzene rings is 3. The molecule has 0 aliphatic carbocycles. The Bertz CT molecular complexity index is 1230. The molecule has 0 fully saturated rings. The molecule has 0 bridgehead atoms. The standard InChI is InChI=1S/C24H16BrCl3N2O3/c1-32-18-5-3-17(4-6-18)30-24(31)16(12-29)8-15-9-19(25)23(22(28)11-15)33-13-14-2-7-20(26)21(27)10-14/h2-11H,13H2,1H3,(H,30,31)/b16-8-. The highest BCUT2D eigenvalue weighted by molar-refractivity contribution is 9.10. The van der Waals surface area contributed by atoms with Gasteiger partial charge in [0.15, 0.2) is 5.75 Å². The minimum atomic E-state index is -0.546. The van der Waals surface area contributed by atoms with E-state index in [9.17, 15) is 10.1 Å². The lowest BCUT2D eigenvalue weighted by atomic mass is 10.1. The normalized spacial score (nSPS) is 11.0. The molecule has 1 N–H and O–H groups in total. The van der Waals surface area contributed by atoms with Gasteiger partial charge in [0, 0.05) is 5.69 Å². The average Bonchev–Trinajstić information content (AvgIpc) is 2.79. The van der Waals surface area contributed by atoms with Crippen LogP contribution in [0.15, 0.2) is 64.6 Å². The van der Waals surface area contributed by atoms with Gasteiger partial charge in [0.05, 0.1) is 26.7 Å². The van der Waals surface area contributed by atoms with E-state index >= 15 is 0 Å². The van der Waals surface area contributed by atoms with E-state index in [2.05, 4.69) is 21.2 Å². The molecular formula is C24H16BrCl3N2O3. The SMILES string of the molecule is COc1ccc(NC(=O)/C(C#N)=C\c2cc(Cl)c(OCc3ccc(Cl)c(Cl)c3)c(Br)c2)cc1. The molecule has 3 aromatic rings. The number of amides is 1. The predicted octanol–water partition coefficient (Wildman–Crippen LogP) is 7.54. The predicted molar refractivity (Wildman–Crippen MR) is 135 cm³/mol. The molecule has 0 unspecified atom stereocenters. The zero-order valence-corrected chi connectivity index (χ0v) is 21.0. The number of ether oxygens (including phenoxy) is 2. The fraction of sp³-hybridized carbons (Fsp3) is 0.0833. The molecule has 5 nitrogen and oxygen atoms in total. The molecule has 0 saturated heterocycles. The van der Waals surface area contributed by atoms with Gasteiger partial charge in [-0.1, -0.05) is 40.9 Å². The van der Waals surface area contributed by atoms with Crippen LogP contribution in [-0.4, -0.2) is 13.0 Å². The fourth-order valence-electron chi connectivity index (χ4n) is 2.77. The van der Waals surface area contributed by atoms with E-state index in [1.165, 1.54) is 6.08 Å². The highest BCUT2D eigenvalue weighted by atomic mass is 79.9. The Kier molecular flexibility index (Phi) is 8.65. The van der Waals surface area contributed by atoms with Crippen molar-refractivity contribution < 1.29 is 14.3 Å². The van der Waals surface area contributed by atoms with Crippen LogP contribution in [0.4, 0.5) is 5.69 Å². The van der Waals surface area contributed by atoms with Crippen LogP contribution in [0.1, 0.15) is 11.1 Å². The van der Waals surface area contributed by atoms with Crippen molar-refractivity contribution in [3.63, 3.8) is 0 Å². The second-order valence-corrected chi connectivity index (χ2v) is 8.78. The van der Waals surface area contributed by atoms with E-state index in [-0.39, 0.29) is 12.2 Å². The molecule has 9 heteroatoms. The minimum absolute atomic E-state index is 0.0849. The Hall–Kier alpha value is -2.69. The molecule has 0 heterocycles. The number of nitrogens with zero attached hydrogens (tertiary/aromatic N) is 1. The monoisotopic (exact) mass is 564 g/mol. The first kappa shape index (κ1) is 24.9. The summed E-state index contributed by atoms with van der Waals surface area (Å²) in [6.07, 6.45) is 1.44. The van der Waals surface area contributed by atoms with Crippen molar-refractivity contribution in [2.24, 2.45) is 0 Å². The zero-order valence-electron chi connectivity index (χ0n) is 17.2. The van der Waals surface area contributed by atoms with Crippen LogP contribution in [0.3, 0.4) is 0 Å². The zero-order chi connectivity index (χ0) is 24.0. The maximum absolute atomic E-state index is 12.5. The molecule has 33 heavy (non-hydrogen) atoms. The summed E-state index contributed by atoms with van der Waals surface area (Å²) in [5, 5.41) is 13.3. The first-order valence-corrected chi connectivity index (χ1v) is 11.4. The van der Waals surface area contributed by atoms with E-state index in [4.69, 9.17) is 44.3 Å². The van der Waals surface area contributed by atoms with E-state index in [1.54, 1.807) is 61.7 Å². The summed E-state index contributed by atoms with van der Waals surface area (Å²) in [4.78, 5) is 12.5. The van der Waals surface area contributed by atoms with E-state index < -0.39 is 5.91 Å². The quantitative estimate of drug-likeness (QED) is 0.237. The third-order valence-electron chi connectivity index (χ3n) is 4.41. The van der Waals surface area contributed by atoms with Crippen LogP contribution < -0.4 is 14.8 Å². The Morgan fingerprint density at radius 1 is 1.06 bits per heavy atom. The molecule has 0 aliphatic heterocycles. The van der Waals surface area contributed by atoms with E-state index in [0.717, 1.165) is 5.56 Å². The summed E-state index contributed by atoms with van der Waals surface area (Å²) >= 11 is 21.8. The van der Waals surface area contributed by atoms with Gasteiger partial charge < -0.3 is 14.8 Å². The molecule has 0 radical (unpaired) electrons. The van der Waals surface area contributed by atoms with E-state index in [1.807, 2.05) is 6.07 Å². The Morgan fingerprint density at radius 2 is 1.79 bits per heavy atom. The van der Waals surface area contributed by atoms with Gasteiger partial charge in [0.2, 0.25) is 0 Å². The number of rotatable bonds is 7. The van der Waals surface area contributed by atoms with Crippen LogP contribution in [-0.2, 0) is 11.4 Å². The number of hydrogen-bond donors (Lipinski definition) is 1. The summed E-state index contributed by atoms with van der Waals surface area (Å²) in [6.45, 7) is 0.220. The van der Waals surface area contributed by atoms with Crippen LogP contribution in [0.5, 0.6) is 11.5 Å². The van der Waals surface area contributed by atoms with Crippen molar-refractivity contribution >= 4 is 68.4 Å². The van der Waals surface area contributed by atoms with Crippen LogP contribution in [0.2, 0.25) is 15.1 Å². The first-order valence-electron chi connectivity index (χ1n) is 9.43. The van der Waals surface area contributed by atoms with Crippen molar-refractivity contribution in [3.8, 4) is 17.6 Å². The molecule has 168 valence electrons. The van der Waals surface area contributed by atoms with Crippen molar-refractivity contribution in [1.82, 2.24) is 0 Å². The summed E-state index contributed by atoms with van der Waals surface area (Å²) in [7, 11) is 1.55. The first-order chi connectivity index (χ1) is 15.8. The Balaban J connectivity index is 1.75. The largest absolute Gasteiger partial charge is 0.497 e. The topological polar surface area (TPSA) is 71.3 Å². The van der Waals surface area contributed by atoms with Crippen molar-refractivity contribution in [2.75, 3.05) is 12.4 Å². The summed E-state index contributed by atoms with van der Waals surface area (Å²) in [5.74, 6) is 0.529. The maximum atomic E-state index is 12.5. The average molecular weight is 567 g/mol. The molecule has 0 spiro atoms. The van der Waals surface area contributed by atoms with Gasteiger partial charge in [0.25, 0.3) is 5.91 Å². The van der Waals surface area contributed by atoms with Gasteiger partial charge in [-0.25, -0.2) is 0 Å². The number of methoxy groups -OCH3 is 1. The molecule has 1 amide bonds. The molecule has 0 aliphatic rings. The highest BCUT2D eigenvalue weighted by Crippen LogP contribution is 2.36. The minimum Gasteiger partial charge on any atom is -0.497 e. The number of halogens is 4. The lowest BCUT2D eigenvalue weighted by Crippen LogP contribution is -2.13. The molecule has 0 atom stereocenters. The van der Waals surface area contributed by atoms with Gasteiger partial charge in [-0.15, -0.1) is 0 Å². The maximum Gasteiger partial charge on any atom is 0.266 e. The molecule has 0 saturated carbocycles. The number of carbonyl (C=O) groups excluding carboxylic acids is 1. The van der Waals surface area contributed by atoms with Gasteiger partial charge >= 0.3 is 0 Å². The summed E-state index contributed by atoms with van der Waals surface area (Å²) in [5.41, 5.74) is 1.82. The van der Waals surface area contributed by atoms with Gasteiger partial charge in [-0.3, -0.25) is 4.79 Å². The lowest BCUT2D eigenvalue weighted by molar-refractivity contribution is -0.112. The number of nitriles is 1. The van der Waals surface area contributed by atoms with Gasteiger partial charge in [-0.05, 0) is 81.7 Å². The summed E-state index contributed by atoms with van der Waals surface area (Å²) in [6, 6.07) is 17.2. The van der Waals surface area contributed by atoms with Crippen molar-refractivity contribution in [2.45, 2.75) is 6.61 Å². The molecular weight excluding hydrogens is 551 g/mol. The third-order valence-corrected chi connectivity index (χ3v) is 6.02. The molecule has 0 aromatic heterocycles. The third kappa shape index (κ3) is 6.66. The molecule has 3 rings (SSSR count). The Morgan fingerprint density at radius 3 is 2.39 bits per heavy atom. The summed E-state index contributed by atoms with van der Waals surface area (Å²) < 4.78 is 11.5. The molecule has 3 aromatic carbocycles. The smallest absolute Gasteiger partial charge is 0.266 e. The van der Waals surface area contributed by atoms with Crippen molar-refractivity contribution in [1.29, 1.82) is 5.26 Å². The highest BCUT2D eigenvalue weighted by Gasteiger charge is 2.13. The van der Waals surface area contributed by atoms with Crippen molar-refractivity contribution in [3.05, 3.63) is 90.8 Å². The Labute approximate surface area is 214 Å². The van der Waals surface area contributed by atoms with Crippen LogP contribution in [0, 0.1) is 11.3 Å².